The first-order valence-corrected chi connectivity index (χ1v) is 3.43. The maximum atomic E-state index is 10.9. The summed E-state index contributed by atoms with van der Waals surface area (Å²) >= 11 is 0. The van der Waals surface area contributed by atoms with Crippen molar-refractivity contribution in [2.45, 2.75) is 6.42 Å². The Hall–Kier alpha value is -1.62. The van der Waals surface area contributed by atoms with Gasteiger partial charge in [-0.15, -0.1) is 6.58 Å². The zero-order chi connectivity index (χ0) is 8.97. The standard InChI is InChI=1S/C7H10N4O/c1-2-3-5-4-9-6(10-5)7(12)11-8/h2,4H,1,3,8H2,(H,9,10)(H,11,12). The van der Waals surface area contributed by atoms with Gasteiger partial charge in [0.2, 0.25) is 0 Å². The third-order valence-electron chi connectivity index (χ3n) is 1.34. The van der Waals surface area contributed by atoms with Gasteiger partial charge in [0.15, 0.2) is 5.82 Å². The maximum Gasteiger partial charge on any atom is 0.300 e. The summed E-state index contributed by atoms with van der Waals surface area (Å²) in [5, 5.41) is 0. The van der Waals surface area contributed by atoms with Gasteiger partial charge in [0.05, 0.1) is 0 Å². The molecule has 4 N–H and O–H groups in total. The maximum absolute atomic E-state index is 10.9. The van der Waals surface area contributed by atoms with Gasteiger partial charge >= 0.3 is 5.91 Å². The Morgan fingerprint density at radius 3 is 3.25 bits per heavy atom. The molecule has 5 heteroatoms. The Balaban J connectivity index is 2.76. The summed E-state index contributed by atoms with van der Waals surface area (Å²) < 4.78 is 0. The normalized spacial score (nSPS) is 9.42. The smallest absolute Gasteiger partial charge is 0.300 e. The fraction of sp³-hybridized carbons (Fsp3) is 0.143. The highest BCUT2D eigenvalue weighted by Crippen LogP contribution is 1.97. The topological polar surface area (TPSA) is 83.8 Å². The van der Waals surface area contributed by atoms with Gasteiger partial charge in [-0.2, -0.15) is 0 Å². The van der Waals surface area contributed by atoms with Crippen molar-refractivity contribution in [1.29, 1.82) is 0 Å². The molecule has 5 nitrogen and oxygen atoms in total. The minimum atomic E-state index is -0.426. The number of aromatic amines is 1. The van der Waals surface area contributed by atoms with Gasteiger partial charge < -0.3 is 4.98 Å². The second kappa shape index (κ2) is 3.68. The lowest BCUT2D eigenvalue weighted by Crippen LogP contribution is -2.30. The molecule has 1 rings (SSSR count). The van der Waals surface area contributed by atoms with Crippen molar-refractivity contribution in [2.24, 2.45) is 5.84 Å². The number of carbonyl (C=O) groups excluding carboxylic acids is 1. The van der Waals surface area contributed by atoms with E-state index in [4.69, 9.17) is 5.84 Å². The van der Waals surface area contributed by atoms with Gasteiger partial charge in [0.25, 0.3) is 0 Å². The minimum Gasteiger partial charge on any atom is -0.337 e. The number of H-pyrrole nitrogens is 1. The Morgan fingerprint density at radius 2 is 2.67 bits per heavy atom. The predicted molar refractivity (Wildman–Crippen MR) is 44.1 cm³/mol. The molecule has 1 amide bonds. The molecule has 0 saturated heterocycles. The molecule has 1 aromatic rings. The molecule has 0 aromatic carbocycles. The summed E-state index contributed by atoms with van der Waals surface area (Å²) in [5.41, 5.74) is 2.81. The number of nitrogens with zero attached hydrogens (tertiary/aromatic N) is 1. The number of rotatable bonds is 3. The van der Waals surface area contributed by atoms with Crippen LogP contribution in [-0.4, -0.2) is 15.9 Å². The van der Waals surface area contributed by atoms with Crippen molar-refractivity contribution in [3.63, 3.8) is 0 Å². The van der Waals surface area contributed by atoms with E-state index in [2.05, 4.69) is 16.5 Å². The molecule has 0 fully saturated rings. The lowest BCUT2D eigenvalue weighted by molar-refractivity contribution is 0.0944. The molecule has 12 heavy (non-hydrogen) atoms. The van der Waals surface area contributed by atoms with Crippen LogP contribution in [0.4, 0.5) is 0 Å². The van der Waals surface area contributed by atoms with E-state index in [-0.39, 0.29) is 5.82 Å². The van der Waals surface area contributed by atoms with Crippen LogP contribution in [0.3, 0.4) is 0 Å². The molecule has 0 saturated carbocycles. The quantitative estimate of drug-likeness (QED) is 0.250. The molecule has 0 aliphatic heterocycles. The average molecular weight is 166 g/mol. The van der Waals surface area contributed by atoms with Crippen LogP contribution in [0, 0.1) is 0 Å². The van der Waals surface area contributed by atoms with Crippen LogP contribution in [0.5, 0.6) is 0 Å². The summed E-state index contributed by atoms with van der Waals surface area (Å²) in [6, 6.07) is 0. The molecule has 64 valence electrons. The number of hydrogen-bond acceptors (Lipinski definition) is 3. The second-order valence-electron chi connectivity index (χ2n) is 2.22. The summed E-state index contributed by atoms with van der Waals surface area (Å²) in [7, 11) is 0. The van der Waals surface area contributed by atoms with Crippen molar-refractivity contribution >= 4 is 5.91 Å². The number of hydrazine groups is 1. The molecule has 0 radical (unpaired) electrons. The molecule has 1 heterocycles. The number of carbonyl (C=O) groups is 1. The van der Waals surface area contributed by atoms with Gasteiger partial charge in [-0.25, -0.2) is 10.8 Å². The largest absolute Gasteiger partial charge is 0.337 e. The van der Waals surface area contributed by atoms with Crippen molar-refractivity contribution < 1.29 is 4.79 Å². The number of hydrogen-bond donors (Lipinski definition) is 3. The molecule has 0 aliphatic rings. The monoisotopic (exact) mass is 166 g/mol. The number of imidazole rings is 1. The van der Waals surface area contributed by atoms with Crippen molar-refractivity contribution in [3.8, 4) is 0 Å². The first kappa shape index (κ1) is 8.48. The number of allylic oxidation sites excluding steroid dienone is 1. The van der Waals surface area contributed by atoms with E-state index in [0.717, 1.165) is 5.69 Å². The van der Waals surface area contributed by atoms with Crippen LogP contribution in [0.2, 0.25) is 0 Å². The van der Waals surface area contributed by atoms with E-state index < -0.39 is 5.91 Å². The predicted octanol–water partition coefficient (Wildman–Crippen LogP) is -0.258. The van der Waals surface area contributed by atoms with Crippen LogP contribution in [-0.2, 0) is 6.42 Å². The Morgan fingerprint density at radius 1 is 1.92 bits per heavy atom. The van der Waals surface area contributed by atoms with E-state index in [0.29, 0.717) is 6.42 Å². The first-order chi connectivity index (χ1) is 5.77. The van der Waals surface area contributed by atoms with E-state index in [1.54, 1.807) is 12.3 Å². The highest BCUT2D eigenvalue weighted by molar-refractivity contribution is 5.89. The van der Waals surface area contributed by atoms with Crippen molar-refractivity contribution in [1.82, 2.24) is 15.4 Å². The van der Waals surface area contributed by atoms with Crippen molar-refractivity contribution in [3.05, 3.63) is 30.4 Å². The SMILES string of the molecule is C=CCc1cnc(C(=O)NN)[nH]1. The summed E-state index contributed by atoms with van der Waals surface area (Å²) in [6.07, 6.45) is 3.95. The lowest BCUT2D eigenvalue weighted by Gasteiger charge is -1.92. The minimum absolute atomic E-state index is 0.217. The number of amides is 1. The average Bonchev–Trinajstić information content (AvgIpc) is 2.52. The van der Waals surface area contributed by atoms with E-state index in [1.165, 1.54) is 0 Å². The Kier molecular flexibility index (Phi) is 2.60. The first-order valence-electron chi connectivity index (χ1n) is 3.43. The van der Waals surface area contributed by atoms with Crippen LogP contribution >= 0.6 is 0 Å². The van der Waals surface area contributed by atoms with Gasteiger partial charge in [-0.1, -0.05) is 6.08 Å². The number of nitrogen functional groups attached to an aromatic ring is 1. The highest BCUT2D eigenvalue weighted by atomic mass is 16.2. The lowest BCUT2D eigenvalue weighted by atomic mass is 10.3. The molecule has 0 bridgehead atoms. The summed E-state index contributed by atoms with van der Waals surface area (Å²) in [6.45, 7) is 3.56. The number of nitrogens with two attached hydrogens (primary N) is 1. The highest BCUT2D eigenvalue weighted by Gasteiger charge is 2.06. The van der Waals surface area contributed by atoms with Crippen LogP contribution in [0.25, 0.3) is 0 Å². The number of aromatic nitrogens is 2. The van der Waals surface area contributed by atoms with Gasteiger partial charge in [-0.3, -0.25) is 10.2 Å². The number of nitrogens with one attached hydrogen (secondary N) is 2. The van der Waals surface area contributed by atoms with Crippen molar-refractivity contribution in [2.75, 3.05) is 0 Å². The summed E-state index contributed by atoms with van der Waals surface area (Å²) in [5.74, 6) is 4.70. The molecular formula is C7H10N4O. The van der Waals surface area contributed by atoms with Crippen LogP contribution in [0.15, 0.2) is 18.9 Å². The molecule has 0 spiro atoms. The third-order valence-corrected chi connectivity index (χ3v) is 1.34. The molecule has 0 aliphatic carbocycles. The Bertz CT molecular complexity index is 291. The second-order valence-corrected chi connectivity index (χ2v) is 2.22. The fourth-order valence-electron chi connectivity index (χ4n) is 0.802. The van der Waals surface area contributed by atoms with Crippen LogP contribution in [0.1, 0.15) is 16.3 Å². The van der Waals surface area contributed by atoms with Gasteiger partial charge in [0.1, 0.15) is 0 Å². The molecule has 0 atom stereocenters. The zero-order valence-corrected chi connectivity index (χ0v) is 6.50. The molecule has 1 aromatic heterocycles. The van der Waals surface area contributed by atoms with E-state index in [1.807, 2.05) is 5.43 Å². The summed E-state index contributed by atoms with van der Waals surface area (Å²) in [4.78, 5) is 17.5. The van der Waals surface area contributed by atoms with E-state index in [9.17, 15) is 4.79 Å². The molecule has 0 unspecified atom stereocenters. The van der Waals surface area contributed by atoms with E-state index >= 15 is 0 Å². The molecular weight excluding hydrogens is 156 g/mol. The third kappa shape index (κ3) is 1.70. The van der Waals surface area contributed by atoms with Crippen LogP contribution < -0.4 is 11.3 Å². The fourth-order valence-corrected chi connectivity index (χ4v) is 0.802. The van der Waals surface area contributed by atoms with Gasteiger partial charge in [-0.05, 0) is 0 Å². The zero-order valence-electron chi connectivity index (χ0n) is 6.50. The Labute approximate surface area is 69.7 Å². The van der Waals surface area contributed by atoms with Gasteiger partial charge in [0, 0.05) is 18.3 Å².